The Bertz CT molecular complexity index is 908. The lowest BCUT2D eigenvalue weighted by Crippen LogP contribution is -2.41. The van der Waals surface area contributed by atoms with Gasteiger partial charge in [0, 0.05) is 5.92 Å². The van der Waals surface area contributed by atoms with E-state index in [2.05, 4.69) is 0 Å². The van der Waals surface area contributed by atoms with Crippen molar-refractivity contribution < 1.29 is 23.9 Å². The van der Waals surface area contributed by atoms with E-state index in [0.29, 0.717) is 6.42 Å². The molecular formula is C24H29BO5. The highest BCUT2D eigenvalue weighted by atomic mass is 16.7. The van der Waals surface area contributed by atoms with Crippen LogP contribution in [0.2, 0.25) is 0 Å². The first kappa shape index (κ1) is 21.1. The highest BCUT2D eigenvalue weighted by Crippen LogP contribution is 2.39. The summed E-state index contributed by atoms with van der Waals surface area (Å²) in [7, 11) is -0.470. The first-order valence-electron chi connectivity index (χ1n) is 10.5. The molecule has 1 saturated heterocycles. The van der Waals surface area contributed by atoms with E-state index in [1.54, 1.807) is 0 Å². The maximum absolute atomic E-state index is 12.3. The molecule has 0 radical (unpaired) electrons. The molecule has 2 unspecified atom stereocenters. The Balaban J connectivity index is 1.40. The normalized spacial score (nSPS) is 24.0. The molecule has 30 heavy (non-hydrogen) atoms. The van der Waals surface area contributed by atoms with Gasteiger partial charge in [0.2, 0.25) is 0 Å². The molecule has 1 aliphatic carbocycles. The largest absolute Gasteiger partial charge is 0.494 e. The zero-order valence-electron chi connectivity index (χ0n) is 18.1. The molecule has 2 aromatic rings. The van der Waals surface area contributed by atoms with Gasteiger partial charge in [-0.2, -0.15) is 0 Å². The zero-order valence-corrected chi connectivity index (χ0v) is 18.1. The van der Waals surface area contributed by atoms with E-state index in [-0.39, 0.29) is 24.9 Å². The smallest absolute Gasteiger partial charge is 0.461 e. The van der Waals surface area contributed by atoms with Crippen molar-refractivity contribution in [3.63, 3.8) is 0 Å². The van der Waals surface area contributed by atoms with Gasteiger partial charge in [-0.1, -0.05) is 48.5 Å². The number of carbonyl (C=O) groups is 1. The first-order chi connectivity index (χ1) is 14.2. The predicted molar refractivity (Wildman–Crippen MR) is 115 cm³/mol. The molecule has 158 valence electrons. The van der Waals surface area contributed by atoms with Crippen molar-refractivity contribution >= 4 is 18.6 Å². The number of benzene rings is 2. The van der Waals surface area contributed by atoms with Crippen LogP contribution in [-0.2, 0) is 31.9 Å². The van der Waals surface area contributed by atoms with Crippen LogP contribution in [0.15, 0.2) is 48.5 Å². The van der Waals surface area contributed by atoms with Crippen molar-refractivity contribution in [1.29, 1.82) is 0 Å². The SMILES string of the molecule is CC1(C)OB(c2ccc3c(c2)C(O)C(CC(=O)OCc2ccccc2)C3)OC1(C)C. The minimum atomic E-state index is -0.702. The average molecular weight is 408 g/mol. The topological polar surface area (TPSA) is 65.0 Å². The summed E-state index contributed by atoms with van der Waals surface area (Å²) < 4.78 is 17.7. The molecular weight excluding hydrogens is 379 g/mol. The molecule has 0 spiro atoms. The van der Waals surface area contributed by atoms with Crippen molar-refractivity contribution in [3.8, 4) is 0 Å². The predicted octanol–water partition coefficient (Wildman–Crippen LogP) is 3.33. The Labute approximate surface area is 178 Å². The lowest BCUT2D eigenvalue weighted by atomic mass is 9.78. The molecule has 0 saturated carbocycles. The zero-order chi connectivity index (χ0) is 21.5. The number of hydrogen-bond acceptors (Lipinski definition) is 5. The van der Waals surface area contributed by atoms with Crippen LogP contribution in [-0.4, -0.2) is 29.4 Å². The lowest BCUT2D eigenvalue weighted by Gasteiger charge is -2.32. The van der Waals surface area contributed by atoms with Gasteiger partial charge in [-0.3, -0.25) is 4.79 Å². The van der Waals surface area contributed by atoms with E-state index in [1.165, 1.54) is 0 Å². The van der Waals surface area contributed by atoms with Crippen molar-refractivity contribution in [3.05, 3.63) is 65.2 Å². The van der Waals surface area contributed by atoms with Gasteiger partial charge in [-0.05, 0) is 56.3 Å². The van der Waals surface area contributed by atoms with Gasteiger partial charge in [0.25, 0.3) is 0 Å². The van der Waals surface area contributed by atoms with Crippen LogP contribution in [0.25, 0.3) is 0 Å². The molecule has 4 rings (SSSR count). The molecule has 1 heterocycles. The quantitative estimate of drug-likeness (QED) is 0.608. The molecule has 1 aliphatic heterocycles. The Hall–Kier alpha value is -2.15. The fourth-order valence-electron chi connectivity index (χ4n) is 4.04. The van der Waals surface area contributed by atoms with Gasteiger partial charge in [-0.25, -0.2) is 0 Å². The Morgan fingerprint density at radius 2 is 1.77 bits per heavy atom. The van der Waals surface area contributed by atoms with Crippen molar-refractivity contribution in [2.45, 2.75) is 64.4 Å². The van der Waals surface area contributed by atoms with E-state index in [1.807, 2.05) is 76.2 Å². The third-order valence-electron chi connectivity index (χ3n) is 6.61. The van der Waals surface area contributed by atoms with Crippen LogP contribution in [0.5, 0.6) is 0 Å². The second kappa shape index (κ2) is 7.84. The van der Waals surface area contributed by atoms with Crippen LogP contribution in [0.4, 0.5) is 0 Å². The monoisotopic (exact) mass is 408 g/mol. The number of hydrogen-bond donors (Lipinski definition) is 1. The third kappa shape index (κ3) is 4.04. The summed E-state index contributed by atoms with van der Waals surface area (Å²) in [5.41, 5.74) is 2.92. The van der Waals surface area contributed by atoms with Gasteiger partial charge in [0.05, 0.1) is 23.7 Å². The fraction of sp³-hybridized carbons (Fsp3) is 0.458. The van der Waals surface area contributed by atoms with E-state index in [0.717, 1.165) is 22.2 Å². The number of fused-ring (bicyclic) bond motifs is 1. The Morgan fingerprint density at radius 3 is 2.43 bits per heavy atom. The first-order valence-corrected chi connectivity index (χ1v) is 10.5. The number of rotatable bonds is 5. The van der Waals surface area contributed by atoms with Crippen molar-refractivity contribution in [1.82, 2.24) is 0 Å². The standard InChI is InChI=1S/C24H29BO5/c1-23(2)24(3,4)30-25(29-23)19-11-10-17-12-18(22(27)20(17)14-19)13-21(26)28-15-16-8-6-5-7-9-16/h5-11,14,18,22,27H,12-13,15H2,1-4H3. The molecule has 1 fully saturated rings. The lowest BCUT2D eigenvalue weighted by molar-refractivity contribution is -0.147. The van der Waals surface area contributed by atoms with Crippen molar-refractivity contribution in [2.24, 2.45) is 5.92 Å². The molecule has 1 N–H and O–H groups in total. The highest BCUT2D eigenvalue weighted by molar-refractivity contribution is 6.62. The van der Waals surface area contributed by atoms with E-state index in [9.17, 15) is 9.90 Å². The van der Waals surface area contributed by atoms with Crippen LogP contribution in [0, 0.1) is 5.92 Å². The molecule has 5 nitrogen and oxygen atoms in total. The average Bonchev–Trinajstić information content (AvgIpc) is 3.12. The fourth-order valence-corrected chi connectivity index (χ4v) is 4.04. The minimum absolute atomic E-state index is 0.183. The summed E-state index contributed by atoms with van der Waals surface area (Å²) in [6, 6.07) is 15.6. The van der Waals surface area contributed by atoms with E-state index < -0.39 is 24.4 Å². The number of ether oxygens (including phenoxy) is 1. The molecule has 6 heteroatoms. The minimum Gasteiger partial charge on any atom is -0.461 e. The second-order valence-electron chi connectivity index (χ2n) is 9.31. The second-order valence-corrected chi connectivity index (χ2v) is 9.31. The van der Waals surface area contributed by atoms with Crippen LogP contribution < -0.4 is 5.46 Å². The van der Waals surface area contributed by atoms with E-state index >= 15 is 0 Å². The van der Waals surface area contributed by atoms with Gasteiger partial charge < -0.3 is 19.2 Å². The number of aliphatic hydroxyl groups excluding tert-OH is 1. The summed E-state index contributed by atoms with van der Waals surface area (Å²) in [4.78, 5) is 12.3. The van der Waals surface area contributed by atoms with Crippen LogP contribution >= 0.6 is 0 Å². The molecule has 0 bridgehead atoms. The highest BCUT2D eigenvalue weighted by Gasteiger charge is 2.52. The third-order valence-corrected chi connectivity index (χ3v) is 6.61. The van der Waals surface area contributed by atoms with Gasteiger partial charge in [0.1, 0.15) is 6.61 Å². The molecule has 2 aromatic carbocycles. The summed E-state index contributed by atoms with van der Waals surface area (Å²) in [6.45, 7) is 8.33. The maximum Gasteiger partial charge on any atom is 0.494 e. The number of carbonyl (C=O) groups excluding carboxylic acids is 1. The molecule has 0 amide bonds. The van der Waals surface area contributed by atoms with Crippen LogP contribution in [0.3, 0.4) is 0 Å². The Morgan fingerprint density at radius 1 is 1.10 bits per heavy atom. The van der Waals surface area contributed by atoms with Crippen molar-refractivity contribution in [2.75, 3.05) is 0 Å². The van der Waals surface area contributed by atoms with E-state index in [4.69, 9.17) is 14.0 Å². The molecule has 2 aliphatic rings. The van der Waals surface area contributed by atoms with Crippen LogP contribution in [0.1, 0.15) is 56.9 Å². The van der Waals surface area contributed by atoms with Gasteiger partial charge in [-0.15, -0.1) is 0 Å². The molecule has 0 aromatic heterocycles. The number of esters is 1. The van der Waals surface area contributed by atoms with Gasteiger partial charge in [0.15, 0.2) is 0 Å². The summed E-state index contributed by atoms with van der Waals surface area (Å²) >= 11 is 0. The summed E-state index contributed by atoms with van der Waals surface area (Å²) in [6.07, 6.45) is 0.140. The maximum atomic E-state index is 12.3. The number of aliphatic hydroxyl groups is 1. The summed E-state index contributed by atoms with van der Waals surface area (Å²) in [5, 5.41) is 10.9. The van der Waals surface area contributed by atoms with Gasteiger partial charge >= 0.3 is 13.1 Å². The Kier molecular flexibility index (Phi) is 5.51. The summed E-state index contributed by atoms with van der Waals surface area (Å²) in [5.74, 6) is -0.473. The molecule has 2 atom stereocenters.